The summed E-state index contributed by atoms with van der Waals surface area (Å²) in [5.41, 5.74) is -0.0601. The number of hydrogen-bond acceptors (Lipinski definition) is 3. The third kappa shape index (κ3) is 3.20. The van der Waals surface area contributed by atoms with Gasteiger partial charge in [0.25, 0.3) is 0 Å². The minimum atomic E-state index is -0.901. The zero-order valence-electron chi connectivity index (χ0n) is 11.3. The van der Waals surface area contributed by atoms with Crippen molar-refractivity contribution < 1.29 is 19.4 Å². The van der Waals surface area contributed by atoms with Crippen LogP contribution in [0, 0.1) is 0 Å². The number of methoxy groups -OCH3 is 1. The van der Waals surface area contributed by atoms with Gasteiger partial charge in [-0.1, -0.05) is 12.1 Å². The van der Waals surface area contributed by atoms with E-state index >= 15 is 0 Å². The molecule has 1 aliphatic carbocycles. The predicted molar refractivity (Wildman–Crippen MR) is 74.0 cm³/mol. The molecule has 1 aliphatic rings. The third-order valence-corrected chi connectivity index (χ3v) is 3.53. The van der Waals surface area contributed by atoms with E-state index in [-0.39, 0.29) is 6.42 Å². The number of urea groups is 1. The summed E-state index contributed by atoms with van der Waals surface area (Å²) in [6.07, 6.45) is 2.27. The quantitative estimate of drug-likeness (QED) is 0.770. The Labute approximate surface area is 117 Å². The Hall–Kier alpha value is -2.24. The molecule has 0 heterocycles. The van der Waals surface area contributed by atoms with E-state index in [9.17, 15) is 9.59 Å². The van der Waals surface area contributed by atoms with Crippen LogP contribution in [0.15, 0.2) is 24.3 Å². The Morgan fingerprint density at radius 3 is 2.60 bits per heavy atom. The SMILES string of the molecule is COc1ccccc1NC(=O)NC1(CC(=O)O)CCC1. The average Bonchev–Trinajstić information content (AvgIpc) is 2.36. The molecule has 1 aromatic carbocycles. The first-order valence-corrected chi connectivity index (χ1v) is 6.49. The monoisotopic (exact) mass is 278 g/mol. The third-order valence-electron chi connectivity index (χ3n) is 3.53. The number of para-hydroxylation sites is 2. The van der Waals surface area contributed by atoms with Crippen molar-refractivity contribution >= 4 is 17.7 Å². The van der Waals surface area contributed by atoms with E-state index in [0.717, 1.165) is 6.42 Å². The molecule has 0 radical (unpaired) electrons. The minimum absolute atomic E-state index is 0.0493. The van der Waals surface area contributed by atoms with Gasteiger partial charge in [-0.15, -0.1) is 0 Å². The molecule has 1 fully saturated rings. The van der Waals surface area contributed by atoms with Gasteiger partial charge in [-0.05, 0) is 31.4 Å². The topological polar surface area (TPSA) is 87.7 Å². The number of carboxylic acids is 1. The largest absolute Gasteiger partial charge is 0.495 e. The molecule has 108 valence electrons. The summed E-state index contributed by atoms with van der Waals surface area (Å²) in [5, 5.41) is 14.4. The van der Waals surface area contributed by atoms with Crippen LogP contribution in [0.5, 0.6) is 5.75 Å². The maximum Gasteiger partial charge on any atom is 0.319 e. The molecule has 20 heavy (non-hydrogen) atoms. The van der Waals surface area contributed by atoms with Crippen molar-refractivity contribution in [2.24, 2.45) is 0 Å². The molecule has 0 aromatic heterocycles. The summed E-state index contributed by atoms with van der Waals surface area (Å²) in [6.45, 7) is 0. The molecule has 0 atom stereocenters. The molecule has 0 saturated heterocycles. The van der Waals surface area contributed by atoms with Crippen molar-refractivity contribution in [3.8, 4) is 5.75 Å². The highest BCUT2D eigenvalue weighted by molar-refractivity contribution is 5.91. The van der Waals surface area contributed by atoms with Crippen LogP contribution in [0.4, 0.5) is 10.5 Å². The predicted octanol–water partition coefficient (Wildman–Crippen LogP) is 2.21. The number of carboxylic acid groups (broad SMARTS) is 1. The van der Waals surface area contributed by atoms with Gasteiger partial charge in [0, 0.05) is 0 Å². The van der Waals surface area contributed by atoms with E-state index in [4.69, 9.17) is 9.84 Å². The van der Waals surface area contributed by atoms with Crippen LogP contribution < -0.4 is 15.4 Å². The van der Waals surface area contributed by atoms with Crippen molar-refractivity contribution in [3.05, 3.63) is 24.3 Å². The number of carbonyl (C=O) groups excluding carboxylic acids is 1. The fourth-order valence-corrected chi connectivity index (χ4v) is 2.38. The van der Waals surface area contributed by atoms with Crippen LogP contribution in [0.25, 0.3) is 0 Å². The van der Waals surface area contributed by atoms with Gasteiger partial charge in [-0.2, -0.15) is 0 Å². The van der Waals surface area contributed by atoms with Gasteiger partial charge in [0.2, 0.25) is 0 Å². The molecule has 2 amide bonds. The van der Waals surface area contributed by atoms with Crippen LogP contribution in [0.1, 0.15) is 25.7 Å². The second-order valence-corrected chi connectivity index (χ2v) is 4.98. The molecule has 2 rings (SSSR count). The van der Waals surface area contributed by atoms with Gasteiger partial charge in [-0.3, -0.25) is 4.79 Å². The highest BCUT2D eigenvalue weighted by atomic mass is 16.5. The number of aliphatic carboxylic acids is 1. The van der Waals surface area contributed by atoms with E-state index in [0.29, 0.717) is 24.3 Å². The van der Waals surface area contributed by atoms with Gasteiger partial charge in [0.05, 0.1) is 24.8 Å². The fraction of sp³-hybridized carbons (Fsp3) is 0.429. The molecule has 3 N–H and O–H groups in total. The molecule has 0 bridgehead atoms. The first-order valence-electron chi connectivity index (χ1n) is 6.49. The van der Waals surface area contributed by atoms with Gasteiger partial charge < -0.3 is 20.5 Å². The van der Waals surface area contributed by atoms with Crippen molar-refractivity contribution in [1.29, 1.82) is 0 Å². The summed E-state index contributed by atoms with van der Waals surface area (Å²) < 4.78 is 5.14. The van der Waals surface area contributed by atoms with Crippen LogP contribution >= 0.6 is 0 Å². The Bertz CT molecular complexity index is 512. The molecular weight excluding hydrogens is 260 g/mol. The highest BCUT2D eigenvalue weighted by Gasteiger charge is 2.40. The standard InChI is InChI=1S/C14H18N2O4/c1-20-11-6-3-2-5-10(11)15-13(19)16-14(7-4-8-14)9-12(17)18/h2-3,5-6H,4,7-9H2,1H3,(H,17,18)(H2,15,16,19). The number of nitrogens with one attached hydrogen (secondary N) is 2. The fourth-order valence-electron chi connectivity index (χ4n) is 2.38. The van der Waals surface area contributed by atoms with Gasteiger partial charge in [0.1, 0.15) is 5.75 Å². The zero-order chi connectivity index (χ0) is 14.6. The van der Waals surface area contributed by atoms with Crippen LogP contribution in [0.2, 0.25) is 0 Å². The summed E-state index contributed by atoms with van der Waals surface area (Å²) >= 11 is 0. The Kier molecular flexibility index (Phi) is 4.12. The maximum atomic E-state index is 12.0. The van der Waals surface area contributed by atoms with Crippen LogP contribution in [-0.2, 0) is 4.79 Å². The summed E-state index contributed by atoms with van der Waals surface area (Å²) in [4.78, 5) is 22.9. The Balaban J connectivity index is 2.00. The Morgan fingerprint density at radius 1 is 1.35 bits per heavy atom. The lowest BCUT2D eigenvalue weighted by atomic mass is 9.74. The second kappa shape index (κ2) is 5.81. The van der Waals surface area contributed by atoms with Gasteiger partial charge >= 0.3 is 12.0 Å². The van der Waals surface area contributed by atoms with E-state index in [1.54, 1.807) is 24.3 Å². The second-order valence-electron chi connectivity index (χ2n) is 4.98. The number of anilines is 1. The molecule has 6 heteroatoms. The normalized spacial score (nSPS) is 15.8. The lowest BCUT2D eigenvalue weighted by molar-refractivity contribution is -0.139. The van der Waals surface area contributed by atoms with Crippen LogP contribution in [-0.4, -0.2) is 29.8 Å². The average molecular weight is 278 g/mol. The summed E-state index contributed by atoms with van der Waals surface area (Å²) in [6, 6.07) is 6.65. The first kappa shape index (κ1) is 14.2. The van der Waals surface area contributed by atoms with Crippen LogP contribution in [0.3, 0.4) is 0 Å². The molecular formula is C14H18N2O4. The minimum Gasteiger partial charge on any atom is -0.495 e. The Morgan fingerprint density at radius 2 is 2.05 bits per heavy atom. The molecule has 1 aromatic rings. The smallest absolute Gasteiger partial charge is 0.319 e. The van der Waals surface area contributed by atoms with E-state index in [2.05, 4.69) is 10.6 Å². The number of carbonyl (C=O) groups is 2. The number of benzene rings is 1. The van der Waals surface area contributed by atoms with E-state index in [1.165, 1.54) is 7.11 Å². The molecule has 1 saturated carbocycles. The number of hydrogen-bond donors (Lipinski definition) is 3. The maximum absolute atomic E-state index is 12.0. The highest BCUT2D eigenvalue weighted by Crippen LogP contribution is 2.35. The van der Waals surface area contributed by atoms with E-state index < -0.39 is 17.5 Å². The van der Waals surface area contributed by atoms with Crippen molar-refractivity contribution in [2.75, 3.05) is 12.4 Å². The number of rotatable bonds is 5. The lowest BCUT2D eigenvalue weighted by Gasteiger charge is -2.41. The molecule has 0 aliphatic heterocycles. The van der Waals surface area contributed by atoms with Crippen molar-refractivity contribution in [1.82, 2.24) is 5.32 Å². The molecule has 0 unspecified atom stereocenters. The first-order chi connectivity index (χ1) is 9.54. The van der Waals surface area contributed by atoms with Crippen molar-refractivity contribution in [3.63, 3.8) is 0 Å². The number of ether oxygens (including phenoxy) is 1. The summed E-state index contributed by atoms with van der Waals surface area (Å²) in [7, 11) is 1.52. The lowest BCUT2D eigenvalue weighted by Crippen LogP contribution is -2.55. The number of amides is 2. The van der Waals surface area contributed by atoms with Gasteiger partial charge in [0.15, 0.2) is 0 Å². The molecule has 0 spiro atoms. The molecule has 6 nitrogen and oxygen atoms in total. The van der Waals surface area contributed by atoms with E-state index in [1.807, 2.05) is 0 Å². The zero-order valence-corrected chi connectivity index (χ0v) is 11.3. The van der Waals surface area contributed by atoms with Gasteiger partial charge in [-0.25, -0.2) is 4.79 Å². The summed E-state index contributed by atoms with van der Waals surface area (Å²) in [5.74, 6) is -0.342. The van der Waals surface area contributed by atoms with Crippen molar-refractivity contribution in [2.45, 2.75) is 31.2 Å².